The number of hydrogen-bond donors (Lipinski definition) is 1. The first-order chi connectivity index (χ1) is 13.1. The van der Waals surface area contributed by atoms with Crippen LogP contribution in [-0.4, -0.2) is 52.0 Å². The lowest BCUT2D eigenvalue weighted by Gasteiger charge is -2.12. The molecule has 1 N–H and O–H groups in total. The smallest absolute Gasteiger partial charge is 0.293 e. The van der Waals surface area contributed by atoms with E-state index < -0.39 is 25.5 Å². The highest BCUT2D eigenvalue weighted by Gasteiger charge is 2.26. The number of sulfonamides is 1. The van der Waals surface area contributed by atoms with Crippen LogP contribution in [-0.2, 0) is 14.8 Å². The van der Waals surface area contributed by atoms with Gasteiger partial charge in [-0.1, -0.05) is 0 Å². The molecule has 11 heteroatoms. The summed E-state index contributed by atoms with van der Waals surface area (Å²) in [6, 6.07) is 9.24. The van der Waals surface area contributed by atoms with Crippen molar-refractivity contribution in [1.29, 1.82) is 0 Å². The van der Waals surface area contributed by atoms with Crippen molar-refractivity contribution in [2.45, 2.75) is 4.90 Å². The molecule has 0 fully saturated rings. The molecule has 0 saturated heterocycles. The van der Waals surface area contributed by atoms with Crippen LogP contribution in [0.25, 0.3) is 0 Å². The van der Waals surface area contributed by atoms with Gasteiger partial charge >= 0.3 is 0 Å². The van der Waals surface area contributed by atoms with Gasteiger partial charge in [-0.25, -0.2) is 8.42 Å². The van der Waals surface area contributed by atoms with E-state index in [1.165, 1.54) is 42.3 Å². The van der Waals surface area contributed by atoms with Crippen LogP contribution < -0.4 is 14.2 Å². The number of anilines is 1. The average Bonchev–Trinajstić information content (AvgIpc) is 2.66. The fourth-order valence-corrected chi connectivity index (χ4v) is 3.31. The van der Waals surface area contributed by atoms with Gasteiger partial charge < -0.3 is 14.4 Å². The molecular formula is C17H19N3O7S. The van der Waals surface area contributed by atoms with E-state index in [1.807, 2.05) is 0 Å². The quantitative estimate of drug-likeness (QED) is 0.521. The SMILES string of the molecule is COc1ccc(S(=O)(=O)Nc2ccc(OCC(=O)N(C)C)cc2)c([N+](=O)[O-])c1. The zero-order valence-corrected chi connectivity index (χ0v) is 16.2. The van der Waals surface area contributed by atoms with Crippen LogP contribution in [0.5, 0.6) is 11.5 Å². The van der Waals surface area contributed by atoms with E-state index in [0.717, 1.165) is 12.1 Å². The summed E-state index contributed by atoms with van der Waals surface area (Å²) in [4.78, 5) is 22.8. The molecule has 150 valence electrons. The maximum absolute atomic E-state index is 12.6. The van der Waals surface area contributed by atoms with Gasteiger partial charge in [-0.3, -0.25) is 19.6 Å². The minimum absolute atomic E-state index is 0.157. The maximum Gasteiger partial charge on any atom is 0.293 e. The minimum Gasteiger partial charge on any atom is -0.497 e. The highest BCUT2D eigenvalue weighted by Crippen LogP contribution is 2.30. The van der Waals surface area contributed by atoms with Crippen molar-refractivity contribution in [3.8, 4) is 11.5 Å². The van der Waals surface area contributed by atoms with E-state index in [9.17, 15) is 23.3 Å². The number of amides is 1. The van der Waals surface area contributed by atoms with Crippen molar-refractivity contribution < 1.29 is 27.6 Å². The van der Waals surface area contributed by atoms with Gasteiger partial charge in [0.2, 0.25) is 0 Å². The van der Waals surface area contributed by atoms with Crippen molar-refractivity contribution in [2.75, 3.05) is 32.5 Å². The molecule has 0 atom stereocenters. The molecule has 0 spiro atoms. The van der Waals surface area contributed by atoms with Crippen molar-refractivity contribution in [2.24, 2.45) is 0 Å². The summed E-state index contributed by atoms with van der Waals surface area (Å²) in [5, 5.41) is 11.2. The van der Waals surface area contributed by atoms with Gasteiger partial charge in [0.1, 0.15) is 11.5 Å². The summed E-state index contributed by atoms with van der Waals surface area (Å²) in [7, 11) is 0.306. The number of nitro benzene ring substituents is 1. The van der Waals surface area contributed by atoms with Crippen LogP contribution in [0.3, 0.4) is 0 Å². The van der Waals surface area contributed by atoms with E-state index in [-0.39, 0.29) is 24.0 Å². The predicted octanol–water partition coefficient (Wildman–Crippen LogP) is 1.87. The van der Waals surface area contributed by atoms with Crippen LogP contribution in [0.15, 0.2) is 47.4 Å². The van der Waals surface area contributed by atoms with E-state index >= 15 is 0 Å². The average molecular weight is 409 g/mol. The Morgan fingerprint density at radius 1 is 1.14 bits per heavy atom. The van der Waals surface area contributed by atoms with Crippen molar-refractivity contribution in [1.82, 2.24) is 4.90 Å². The molecule has 0 aliphatic rings. The predicted molar refractivity (Wildman–Crippen MR) is 101 cm³/mol. The van der Waals surface area contributed by atoms with Gasteiger partial charge in [-0.05, 0) is 36.4 Å². The lowest BCUT2D eigenvalue weighted by Crippen LogP contribution is -2.27. The Balaban J connectivity index is 2.19. The Morgan fingerprint density at radius 2 is 1.75 bits per heavy atom. The summed E-state index contributed by atoms with van der Waals surface area (Å²) >= 11 is 0. The molecule has 0 heterocycles. The number of rotatable bonds is 8. The fraction of sp³-hybridized carbons (Fsp3) is 0.235. The van der Waals surface area contributed by atoms with E-state index in [0.29, 0.717) is 5.75 Å². The Bertz CT molecular complexity index is 973. The monoisotopic (exact) mass is 409 g/mol. The van der Waals surface area contributed by atoms with Crippen LogP contribution in [0.2, 0.25) is 0 Å². The first kappa shape index (κ1) is 21.0. The Morgan fingerprint density at radius 3 is 2.29 bits per heavy atom. The number of nitro groups is 1. The third-order valence-electron chi connectivity index (χ3n) is 3.62. The zero-order chi connectivity index (χ0) is 20.9. The number of nitrogens with zero attached hydrogens (tertiary/aromatic N) is 2. The number of ether oxygens (including phenoxy) is 2. The first-order valence-electron chi connectivity index (χ1n) is 7.92. The Kier molecular flexibility index (Phi) is 6.41. The fourth-order valence-electron chi connectivity index (χ4n) is 2.10. The molecule has 0 saturated carbocycles. The zero-order valence-electron chi connectivity index (χ0n) is 15.4. The molecule has 0 unspecified atom stereocenters. The minimum atomic E-state index is -4.21. The van der Waals surface area contributed by atoms with Gasteiger partial charge in [0, 0.05) is 19.8 Å². The number of carbonyl (C=O) groups excluding carboxylic acids is 1. The summed E-state index contributed by atoms with van der Waals surface area (Å²) in [5.74, 6) is 0.310. The molecule has 0 aliphatic heterocycles. The number of methoxy groups -OCH3 is 1. The Labute approximate surface area is 161 Å². The highest BCUT2D eigenvalue weighted by molar-refractivity contribution is 7.92. The van der Waals surface area contributed by atoms with E-state index in [2.05, 4.69) is 4.72 Å². The van der Waals surface area contributed by atoms with Crippen LogP contribution in [0, 0.1) is 10.1 Å². The van der Waals surface area contributed by atoms with Crippen molar-refractivity contribution in [3.63, 3.8) is 0 Å². The molecule has 1 amide bonds. The summed E-state index contributed by atoms with van der Waals surface area (Å²) in [5.41, 5.74) is -0.426. The van der Waals surface area contributed by atoms with Gasteiger partial charge in [-0.2, -0.15) is 0 Å². The second kappa shape index (κ2) is 8.57. The second-order valence-corrected chi connectivity index (χ2v) is 7.45. The topological polar surface area (TPSA) is 128 Å². The normalized spacial score (nSPS) is 10.8. The van der Waals surface area contributed by atoms with Gasteiger partial charge in [0.15, 0.2) is 11.5 Å². The largest absolute Gasteiger partial charge is 0.497 e. The molecule has 28 heavy (non-hydrogen) atoms. The lowest BCUT2D eigenvalue weighted by molar-refractivity contribution is -0.387. The molecule has 0 radical (unpaired) electrons. The van der Waals surface area contributed by atoms with Crippen molar-refractivity contribution in [3.05, 3.63) is 52.6 Å². The third kappa shape index (κ3) is 5.10. The maximum atomic E-state index is 12.6. The van der Waals surface area contributed by atoms with Gasteiger partial charge in [0.05, 0.1) is 18.1 Å². The number of carbonyl (C=O) groups is 1. The molecule has 0 bridgehead atoms. The van der Waals surface area contributed by atoms with Crippen molar-refractivity contribution >= 4 is 27.3 Å². The second-order valence-electron chi connectivity index (χ2n) is 5.80. The Hall–Kier alpha value is -3.34. The summed E-state index contributed by atoms with van der Waals surface area (Å²) in [6.07, 6.45) is 0. The molecule has 2 aromatic rings. The van der Waals surface area contributed by atoms with Crippen LogP contribution in [0.1, 0.15) is 0 Å². The van der Waals surface area contributed by atoms with Crippen LogP contribution in [0.4, 0.5) is 11.4 Å². The molecule has 0 aromatic heterocycles. The van der Waals surface area contributed by atoms with E-state index in [4.69, 9.17) is 9.47 Å². The number of likely N-dealkylation sites (N-methyl/N-ethyl adjacent to an activating group) is 1. The van der Waals surface area contributed by atoms with Crippen LogP contribution >= 0.6 is 0 Å². The molecular weight excluding hydrogens is 390 g/mol. The number of hydrogen-bond acceptors (Lipinski definition) is 7. The van der Waals surface area contributed by atoms with Gasteiger partial charge in [0.25, 0.3) is 21.6 Å². The standard InChI is InChI=1S/C17H19N3O7S/c1-19(2)17(21)11-27-13-6-4-12(5-7-13)18-28(24,25)16-9-8-14(26-3)10-15(16)20(22)23/h4-10,18H,11H2,1-3H3. The lowest BCUT2D eigenvalue weighted by atomic mass is 10.3. The third-order valence-corrected chi connectivity index (χ3v) is 5.05. The summed E-state index contributed by atoms with van der Waals surface area (Å²) in [6.45, 7) is -0.157. The van der Waals surface area contributed by atoms with Gasteiger partial charge in [-0.15, -0.1) is 0 Å². The summed E-state index contributed by atoms with van der Waals surface area (Å²) < 4.78 is 37.6. The molecule has 2 aromatic carbocycles. The molecule has 2 rings (SSSR count). The first-order valence-corrected chi connectivity index (χ1v) is 9.40. The van der Waals surface area contributed by atoms with E-state index in [1.54, 1.807) is 14.1 Å². The molecule has 0 aliphatic carbocycles. The number of nitrogens with one attached hydrogen (secondary N) is 1. The molecule has 10 nitrogen and oxygen atoms in total. The highest BCUT2D eigenvalue weighted by atomic mass is 32.2. The number of benzene rings is 2.